The fraction of sp³-hybridized carbons (Fsp3) is 0. The quantitative estimate of drug-likeness (QED) is 0.154. The predicted octanol–water partition coefficient (Wildman–Crippen LogP) is 13.2. The first kappa shape index (κ1) is 33.0. The van der Waals surface area contributed by atoms with Gasteiger partial charge in [-0.3, -0.25) is 0 Å². The smallest absolute Gasteiger partial charge is 0.166 e. The SMILES string of the molecule is c1ccc(-c2cccc(-c3nc(-c4cccc(-c5ccccc5)c4)nc(-c4cccc5c4nc(-c4ccccc4)c4cccc(-c6ccccc6)c45)n3)c2)cc1. The Morgan fingerprint density at radius 3 is 1.21 bits per heavy atom. The number of para-hydroxylation sites is 1. The van der Waals surface area contributed by atoms with Gasteiger partial charge >= 0.3 is 0 Å². The molecule has 0 aliphatic heterocycles. The van der Waals surface area contributed by atoms with Gasteiger partial charge in [0.25, 0.3) is 0 Å². The van der Waals surface area contributed by atoms with E-state index < -0.39 is 0 Å². The average Bonchev–Trinajstić information content (AvgIpc) is 3.29. The third kappa shape index (κ3) is 6.19. The van der Waals surface area contributed by atoms with Gasteiger partial charge in [0.15, 0.2) is 17.5 Å². The van der Waals surface area contributed by atoms with Crippen molar-refractivity contribution in [2.45, 2.75) is 0 Å². The summed E-state index contributed by atoms with van der Waals surface area (Å²) in [6.45, 7) is 0. The number of aromatic nitrogens is 4. The minimum Gasteiger partial charge on any atom is -0.246 e. The molecule has 8 aromatic carbocycles. The lowest BCUT2D eigenvalue weighted by atomic mass is 9.92. The summed E-state index contributed by atoms with van der Waals surface area (Å²) in [5.74, 6) is 1.76. The van der Waals surface area contributed by atoms with Crippen molar-refractivity contribution in [2.75, 3.05) is 0 Å². The van der Waals surface area contributed by atoms with E-state index in [-0.39, 0.29) is 0 Å². The summed E-state index contributed by atoms with van der Waals surface area (Å²) in [5.41, 5.74) is 12.2. The van der Waals surface area contributed by atoms with Gasteiger partial charge in [0, 0.05) is 38.4 Å². The van der Waals surface area contributed by atoms with Crippen molar-refractivity contribution in [2.24, 2.45) is 0 Å². The highest BCUT2D eigenvalue weighted by atomic mass is 15.0. The molecule has 0 saturated heterocycles. The molecule has 4 heteroatoms. The van der Waals surface area contributed by atoms with Crippen LogP contribution in [0.1, 0.15) is 0 Å². The fourth-order valence-electron chi connectivity index (χ4n) is 7.62. The third-order valence-corrected chi connectivity index (χ3v) is 10.3. The lowest BCUT2D eigenvalue weighted by Crippen LogP contribution is -2.02. The van der Waals surface area contributed by atoms with Crippen LogP contribution in [0.25, 0.3) is 100 Å². The number of pyridine rings is 1. The molecular weight excluding hydrogens is 681 g/mol. The summed E-state index contributed by atoms with van der Waals surface area (Å²) < 4.78 is 0. The Balaban J connectivity index is 1.24. The maximum atomic E-state index is 5.50. The molecule has 10 rings (SSSR count). The minimum atomic E-state index is 0.564. The van der Waals surface area contributed by atoms with Crippen LogP contribution in [0.15, 0.2) is 206 Å². The normalized spacial score (nSPS) is 11.2. The number of hydrogen-bond acceptors (Lipinski definition) is 4. The van der Waals surface area contributed by atoms with Crippen LogP contribution >= 0.6 is 0 Å². The lowest BCUT2D eigenvalue weighted by Gasteiger charge is -2.16. The van der Waals surface area contributed by atoms with Crippen LogP contribution < -0.4 is 0 Å². The Bertz CT molecular complexity index is 2900. The van der Waals surface area contributed by atoms with E-state index in [4.69, 9.17) is 19.9 Å². The molecule has 0 saturated carbocycles. The van der Waals surface area contributed by atoms with Crippen molar-refractivity contribution >= 4 is 21.7 Å². The number of nitrogens with zero attached hydrogens (tertiary/aromatic N) is 4. The van der Waals surface area contributed by atoms with Crippen LogP contribution in [0.5, 0.6) is 0 Å². The number of benzene rings is 8. The molecule has 0 fully saturated rings. The van der Waals surface area contributed by atoms with Crippen molar-refractivity contribution in [3.8, 4) is 78.8 Å². The first-order chi connectivity index (χ1) is 27.8. The minimum absolute atomic E-state index is 0.564. The fourth-order valence-corrected chi connectivity index (χ4v) is 7.62. The van der Waals surface area contributed by atoms with E-state index in [1.54, 1.807) is 0 Å². The second-order valence-electron chi connectivity index (χ2n) is 13.8. The number of hydrogen-bond donors (Lipinski definition) is 0. The first-order valence-corrected chi connectivity index (χ1v) is 18.8. The highest BCUT2D eigenvalue weighted by Gasteiger charge is 2.20. The van der Waals surface area contributed by atoms with Crippen LogP contribution in [0.3, 0.4) is 0 Å². The lowest BCUT2D eigenvalue weighted by molar-refractivity contribution is 1.08. The third-order valence-electron chi connectivity index (χ3n) is 10.3. The van der Waals surface area contributed by atoms with Crippen LogP contribution in [0.4, 0.5) is 0 Å². The molecule has 0 N–H and O–H groups in total. The van der Waals surface area contributed by atoms with Crippen LogP contribution in [0, 0.1) is 0 Å². The maximum Gasteiger partial charge on any atom is 0.166 e. The summed E-state index contributed by atoms with van der Waals surface area (Å²) in [5, 5.41) is 3.28. The van der Waals surface area contributed by atoms with Crippen LogP contribution in [-0.2, 0) is 0 Å². The molecule has 2 heterocycles. The maximum absolute atomic E-state index is 5.50. The van der Waals surface area contributed by atoms with E-state index in [2.05, 4.69) is 188 Å². The topological polar surface area (TPSA) is 51.6 Å². The van der Waals surface area contributed by atoms with Crippen molar-refractivity contribution in [3.63, 3.8) is 0 Å². The zero-order valence-electron chi connectivity index (χ0n) is 30.4. The molecule has 0 amide bonds. The Hall–Kier alpha value is -7.56. The molecule has 56 heavy (non-hydrogen) atoms. The molecule has 262 valence electrons. The van der Waals surface area contributed by atoms with Crippen molar-refractivity contribution in [1.82, 2.24) is 19.9 Å². The molecule has 0 atom stereocenters. The molecular formula is C52H34N4. The van der Waals surface area contributed by atoms with Crippen LogP contribution in [0.2, 0.25) is 0 Å². The van der Waals surface area contributed by atoms with Gasteiger partial charge < -0.3 is 0 Å². The summed E-state index contributed by atoms with van der Waals surface area (Å²) in [4.78, 5) is 21.2. The van der Waals surface area contributed by atoms with Gasteiger partial charge in [-0.2, -0.15) is 0 Å². The molecule has 0 radical (unpaired) electrons. The Morgan fingerprint density at radius 1 is 0.250 bits per heavy atom. The van der Waals surface area contributed by atoms with Gasteiger partial charge in [0.05, 0.1) is 11.2 Å². The average molecular weight is 715 g/mol. The molecule has 0 aliphatic rings. The second-order valence-corrected chi connectivity index (χ2v) is 13.8. The zero-order valence-corrected chi connectivity index (χ0v) is 30.4. The molecule has 0 unspecified atom stereocenters. The Kier molecular flexibility index (Phi) is 8.47. The molecule has 0 bridgehead atoms. The largest absolute Gasteiger partial charge is 0.246 e. The summed E-state index contributed by atoms with van der Waals surface area (Å²) in [6.07, 6.45) is 0. The van der Waals surface area contributed by atoms with Crippen molar-refractivity contribution in [1.29, 1.82) is 0 Å². The predicted molar refractivity (Wildman–Crippen MR) is 231 cm³/mol. The van der Waals surface area contributed by atoms with Gasteiger partial charge in [-0.15, -0.1) is 0 Å². The first-order valence-electron chi connectivity index (χ1n) is 18.8. The molecule has 10 aromatic rings. The monoisotopic (exact) mass is 714 g/mol. The number of fused-ring (bicyclic) bond motifs is 3. The van der Waals surface area contributed by atoms with Gasteiger partial charge in [0.2, 0.25) is 0 Å². The van der Waals surface area contributed by atoms with E-state index >= 15 is 0 Å². The van der Waals surface area contributed by atoms with Gasteiger partial charge in [-0.05, 0) is 51.6 Å². The van der Waals surface area contributed by atoms with Crippen molar-refractivity contribution < 1.29 is 0 Å². The number of rotatable bonds is 7. The molecule has 4 nitrogen and oxygen atoms in total. The molecule has 2 aromatic heterocycles. The summed E-state index contributed by atoms with van der Waals surface area (Å²) in [7, 11) is 0. The Morgan fingerprint density at radius 2 is 0.661 bits per heavy atom. The van der Waals surface area contributed by atoms with Gasteiger partial charge in [0.1, 0.15) is 0 Å². The molecule has 0 aliphatic carbocycles. The van der Waals surface area contributed by atoms with Gasteiger partial charge in [-0.25, -0.2) is 19.9 Å². The zero-order chi connectivity index (χ0) is 37.3. The van der Waals surface area contributed by atoms with E-state index in [0.717, 1.165) is 83.0 Å². The highest BCUT2D eigenvalue weighted by Crippen LogP contribution is 2.41. The molecule has 0 spiro atoms. The van der Waals surface area contributed by atoms with Crippen molar-refractivity contribution in [3.05, 3.63) is 206 Å². The van der Waals surface area contributed by atoms with E-state index in [9.17, 15) is 0 Å². The van der Waals surface area contributed by atoms with Crippen LogP contribution in [-0.4, -0.2) is 19.9 Å². The second kappa shape index (κ2) is 14.3. The van der Waals surface area contributed by atoms with E-state index in [1.165, 1.54) is 0 Å². The Labute approximate surface area is 325 Å². The van der Waals surface area contributed by atoms with E-state index in [1.807, 2.05) is 18.2 Å². The summed E-state index contributed by atoms with van der Waals surface area (Å²) in [6, 6.07) is 71.6. The summed E-state index contributed by atoms with van der Waals surface area (Å²) >= 11 is 0. The van der Waals surface area contributed by atoms with Gasteiger partial charge in [-0.1, -0.05) is 188 Å². The highest BCUT2D eigenvalue weighted by molar-refractivity contribution is 6.19. The standard InChI is InChI=1S/C52H34N4/c1-5-17-35(18-6-1)39-25-13-27-41(33-39)50-54-51(42-28-14-26-40(34-42)36-19-7-2-8-20-36)56-52(55-50)46-32-16-31-45-47-43(37-21-9-3-10-22-37)29-15-30-44(47)48(53-49(45)46)38-23-11-4-12-24-38/h1-34H. The van der Waals surface area contributed by atoms with E-state index in [0.29, 0.717) is 17.5 Å².